The van der Waals surface area contributed by atoms with Crippen molar-refractivity contribution < 1.29 is 13.2 Å². The highest BCUT2D eigenvalue weighted by Gasteiger charge is 2.35. The Labute approximate surface area is 131 Å². The minimum Gasteiger partial charge on any atom is -0.341 e. The molecule has 2 rings (SSSR count). The molecule has 1 saturated heterocycles. The van der Waals surface area contributed by atoms with E-state index in [9.17, 15) is 13.2 Å². The summed E-state index contributed by atoms with van der Waals surface area (Å²) in [5.41, 5.74) is 0. The Bertz CT molecular complexity index is 598. The smallest absolute Gasteiger partial charge is 0.222 e. The summed E-state index contributed by atoms with van der Waals surface area (Å²) < 4.78 is 25.1. The van der Waals surface area contributed by atoms with Gasteiger partial charge in [-0.3, -0.25) is 4.79 Å². The van der Waals surface area contributed by atoms with Gasteiger partial charge in [-0.2, -0.15) is 0 Å². The lowest BCUT2D eigenvalue weighted by Gasteiger charge is -2.16. The van der Waals surface area contributed by atoms with Gasteiger partial charge in [0, 0.05) is 24.5 Å². The van der Waals surface area contributed by atoms with E-state index in [1.165, 1.54) is 12.1 Å². The fourth-order valence-corrected chi connectivity index (χ4v) is 4.33. The molecule has 0 radical (unpaired) electrons. The predicted octanol–water partition coefficient (Wildman–Crippen LogP) is 2.90. The Morgan fingerprint density at radius 3 is 2.62 bits per heavy atom. The maximum atomic E-state index is 12.5. The number of carbonyl (C=O) groups is 1. The molecular formula is C15H20ClNO3S. The monoisotopic (exact) mass is 329 g/mol. The molecule has 1 atom stereocenters. The molecule has 1 aromatic carbocycles. The number of sulfone groups is 1. The number of likely N-dealkylation sites (tertiary alicyclic amines) is 1. The SMILES string of the molecule is CCCCC(=O)N1CCC(S(=O)(=O)c2ccc(Cl)cc2)C1. The van der Waals surface area contributed by atoms with Gasteiger partial charge in [0.25, 0.3) is 0 Å². The van der Waals surface area contributed by atoms with Crippen molar-refractivity contribution in [2.24, 2.45) is 0 Å². The van der Waals surface area contributed by atoms with Gasteiger partial charge in [-0.1, -0.05) is 24.9 Å². The fraction of sp³-hybridized carbons (Fsp3) is 0.533. The van der Waals surface area contributed by atoms with Crippen LogP contribution in [0.5, 0.6) is 0 Å². The summed E-state index contributed by atoms with van der Waals surface area (Å²) in [6, 6.07) is 6.21. The Balaban J connectivity index is 2.06. The molecule has 0 saturated carbocycles. The third kappa shape index (κ3) is 3.77. The molecule has 0 bridgehead atoms. The molecule has 4 nitrogen and oxygen atoms in total. The van der Waals surface area contributed by atoms with Gasteiger partial charge in [-0.25, -0.2) is 8.42 Å². The lowest BCUT2D eigenvalue weighted by Crippen LogP contribution is -2.31. The van der Waals surface area contributed by atoms with Crippen LogP contribution in [0.2, 0.25) is 5.02 Å². The summed E-state index contributed by atoms with van der Waals surface area (Å²) in [6.45, 7) is 2.86. The van der Waals surface area contributed by atoms with Crippen LogP contribution < -0.4 is 0 Å². The van der Waals surface area contributed by atoms with Crippen LogP contribution in [-0.2, 0) is 14.6 Å². The maximum absolute atomic E-state index is 12.5. The van der Waals surface area contributed by atoms with Gasteiger partial charge in [0.1, 0.15) is 0 Å². The number of hydrogen-bond donors (Lipinski definition) is 0. The maximum Gasteiger partial charge on any atom is 0.222 e. The van der Waals surface area contributed by atoms with Gasteiger partial charge >= 0.3 is 0 Å². The molecule has 0 aromatic heterocycles. The van der Waals surface area contributed by atoms with Crippen LogP contribution in [0.25, 0.3) is 0 Å². The number of rotatable bonds is 5. The second-order valence-electron chi connectivity index (χ2n) is 5.35. The normalized spacial score (nSPS) is 19.0. The number of nitrogens with zero attached hydrogens (tertiary/aromatic N) is 1. The van der Waals surface area contributed by atoms with Crippen LogP contribution in [0.3, 0.4) is 0 Å². The third-order valence-electron chi connectivity index (χ3n) is 3.82. The molecule has 1 aromatic rings. The average Bonchev–Trinajstić information content (AvgIpc) is 2.96. The van der Waals surface area contributed by atoms with Crippen LogP contribution >= 0.6 is 11.6 Å². The molecule has 1 amide bonds. The topological polar surface area (TPSA) is 54.5 Å². The number of halogens is 1. The van der Waals surface area contributed by atoms with Gasteiger partial charge in [-0.05, 0) is 37.1 Å². The second kappa shape index (κ2) is 6.79. The van der Waals surface area contributed by atoms with Gasteiger partial charge < -0.3 is 4.90 Å². The Morgan fingerprint density at radius 2 is 2.00 bits per heavy atom. The molecule has 1 unspecified atom stereocenters. The van der Waals surface area contributed by atoms with Crippen molar-refractivity contribution in [3.05, 3.63) is 29.3 Å². The fourth-order valence-electron chi connectivity index (χ4n) is 2.51. The summed E-state index contributed by atoms with van der Waals surface area (Å²) in [5, 5.41) is 0.000920. The van der Waals surface area contributed by atoms with Crippen LogP contribution in [0.4, 0.5) is 0 Å². The molecule has 1 heterocycles. The first-order chi connectivity index (χ1) is 9.95. The van der Waals surface area contributed by atoms with Crippen molar-refractivity contribution in [2.45, 2.75) is 42.8 Å². The zero-order chi connectivity index (χ0) is 15.5. The highest BCUT2D eigenvalue weighted by molar-refractivity contribution is 7.92. The van der Waals surface area contributed by atoms with Crippen LogP contribution in [0.15, 0.2) is 29.2 Å². The summed E-state index contributed by atoms with van der Waals surface area (Å²) in [7, 11) is -3.39. The summed E-state index contributed by atoms with van der Waals surface area (Å²) in [4.78, 5) is 13.9. The number of amides is 1. The van der Waals surface area contributed by atoms with Crippen molar-refractivity contribution in [1.82, 2.24) is 4.90 Å². The number of hydrogen-bond acceptors (Lipinski definition) is 3. The van der Waals surface area contributed by atoms with Gasteiger partial charge in [0.15, 0.2) is 9.84 Å². The van der Waals surface area contributed by atoms with Gasteiger partial charge in [0.2, 0.25) is 5.91 Å². The Hall–Kier alpha value is -1.07. The Morgan fingerprint density at radius 1 is 1.33 bits per heavy atom. The zero-order valence-electron chi connectivity index (χ0n) is 12.1. The quantitative estimate of drug-likeness (QED) is 0.834. The molecule has 116 valence electrons. The molecule has 0 spiro atoms. The van der Waals surface area contributed by atoms with Crippen LogP contribution in [0, 0.1) is 0 Å². The molecule has 1 aliphatic heterocycles. The van der Waals surface area contributed by atoms with E-state index in [4.69, 9.17) is 11.6 Å². The lowest BCUT2D eigenvalue weighted by atomic mass is 10.2. The largest absolute Gasteiger partial charge is 0.341 e. The minimum atomic E-state index is -3.39. The first-order valence-corrected chi connectivity index (χ1v) is 9.15. The number of unbranched alkanes of at least 4 members (excludes halogenated alkanes) is 1. The zero-order valence-corrected chi connectivity index (χ0v) is 13.7. The van der Waals surface area contributed by atoms with E-state index in [0.717, 1.165) is 12.8 Å². The molecule has 1 fully saturated rings. The van der Waals surface area contributed by atoms with Crippen LogP contribution in [-0.4, -0.2) is 37.6 Å². The van der Waals surface area contributed by atoms with Gasteiger partial charge in [-0.15, -0.1) is 0 Å². The highest BCUT2D eigenvalue weighted by atomic mass is 35.5. The number of carbonyl (C=O) groups excluding carboxylic acids is 1. The van der Waals surface area contributed by atoms with Crippen molar-refractivity contribution in [1.29, 1.82) is 0 Å². The van der Waals surface area contributed by atoms with E-state index in [1.54, 1.807) is 17.0 Å². The van der Waals surface area contributed by atoms with Crippen molar-refractivity contribution in [2.75, 3.05) is 13.1 Å². The predicted molar refractivity (Wildman–Crippen MR) is 83.1 cm³/mol. The first kappa shape index (κ1) is 16.3. The third-order valence-corrected chi connectivity index (χ3v) is 6.27. The lowest BCUT2D eigenvalue weighted by molar-refractivity contribution is -0.130. The summed E-state index contributed by atoms with van der Waals surface area (Å²) in [5.74, 6) is 0.0608. The molecular weight excluding hydrogens is 310 g/mol. The van der Waals surface area contributed by atoms with E-state index in [0.29, 0.717) is 31.0 Å². The molecule has 6 heteroatoms. The molecule has 1 aliphatic rings. The molecule has 21 heavy (non-hydrogen) atoms. The van der Waals surface area contributed by atoms with Crippen LogP contribution in [0.1, 0.15) is 32.6 Å². The highest BCUT2D eigenvalue weighted by Crippen LogP contribution is 2.25. The van der Waals surface area contributed by atoms with E-state index in [2.05, 4.69) is 0 Å². The van der Waals surface area contributed by atoms with E-state index in [1.807, 2.05) is 6.92 Å². The standard InChI is InChI=1S/C15H20ClNO3S/c1-2-3-4-15(18)17-10-9-14(11-17)21(19,20)13-7-5-12(16)6-8-13/h5-8,14H,2-4,9-11H2,1H3. The second-order valence-corrected chi connectivity index (χ2v) is 8.02. The minimum absolute atomic E-state index is 0.0608. The average molecular weight is 330 g/mol. The Kier molecular flexibility index (Phi) is 5.27. The van der Waals surface area contributed by atoms with Gasteiger partial charge in [0.05, 0.1) is 10.1 Å². The summed E-state index contributed by atoms with van der Waals surface area (Å²) >= 11 is 5.79. The van der Waals surface area contributed by atoms with Crippen molar-refractivity contribution in [3.63, 3.8) is 0 Å². The van der Waals surface area contributed by atoms with Crippen molar-refractivity contribution in [3.8, 4) is 0 Å². The number of benzene rings is 1. The molecule has 0 N–H and O–H groups in total. The van der Waals surface area contributed by atoms with Crippen molar-refractivity contribution >= 4 is 27.3 Å². The van der Waals surface area contributed by atoms with E-state index >= 15 is 0 Å². The van der Waals surface area contributed by atoms with E-state index in [-0.39, 0.29) is 10.8 Å². The summed E-state index contributed by atoms with van der Waals surface area (Å²) in [6.07, 6.45) is 2.82. The molecule has 0 aliphatic carbocycles. The van der Waals surface area contributed by atoms with E-state index < -0.39 is 15.1 Å². The first-order valence-electron chi connectivity index (χ1n) is 7.22.